The number of ether oxygens (including phenoxy) is 1. The van der Waals surface area contributed by atoms with E-state index in [1.54, 1.807) is 19.2 Å². The van der Waals surface area contributed by atoms with Crippen LogP contribution in [0.5, 0.6) is 11.5 Å². The number of nitrogens with one attached hydrogen (secondary N) is 2. The molecule has 25 heavy (non-hydrogen) atoms. The summed E-state index contributed by atoms with van der Waals surface area (Å²) in [6.07, 6.45) is -3.37. The second kappa shape index (κ2) is 7.32. The highest BCUT2D eigenvalue weighted by Crippen LogP contribution is 2.32. The predicted octanol–water partition coefficient (Wildman–Crippen LogP) is 3.59. The Bertz CT molecular complexity index is 835. The van der Waals surface area contributed by atoms with Gasteiger partial charge in [0, 0.05) is 17.8 Å². The van der Waals surface area contributed by atoms with Crippen molar-refractivity contribution in [2.75, 3.05) is 18.0 Å². The Kier molecular flexibility index (Phi) is 5.58. The van der Waals surface area contributed by atoms with Gasteiger partial charge in [-0.05, 0) is 49.5 Å². The van der Waals surface area contributed by atoms with Gasteiger partial charge in [0.1, 0.15) is 11.5 Å². The van der Waals surface area contributed by atoms with E-state index in [9.17, 15) is 21.6 Å². The van der Waals surface area contributed by atoms with Crippen LogP contribution in [0.1, 0.15) is 11.1 Å². The molecule has 0 saturated carbocycles. The predicted molar refractivity (Wildman–Crippen MR) is 89.2 cm³/mol. The molecule has 136 valence electrons. The molecular weight excluding hydrogens is 357 g/mol. The second-order valence-corrected chi connectivity index (χ2v) is 7.10. The molecule has 0 saturated heterocycles. The summed E-state index contributed by atoms with van der Waals surface area (Å²) >= 11 is 0. The molecule has 0 bridgehead atoms. The molecule has 0 radical (unpaired) electrons. The van der Waals surface area contributed by atoms with Gasteiger partial charge in [0.2, 0.25) is 10.0 Å². The van der Waals surface area contributed by atoms with Crippen molar-refractivity contribution in [2.45, 2.75) is 12.7 Å². The van der Waals surface area contributed by atoms with Gasteiger partial charge in [0.15, 0.2) is 0 Å². The van der Waals surface area contributed by atoms with Gasteiger partial charge in [-0.3, -0.25) is 4.72 Å². The van der Waals surface area contributed by atoms with E-state index in [4.69, 9.17) is 4.74 Å². The van der Waals surface area contributed by atoms with Crippen LogP contribution in [0.15, 0.2) is 42.5 Å². The largest absolute Gasteiger partial charge is 0.457 e. The summed E-state index contributed by atoms with van der Waals surface area (Å²) in [4.78, 5) is 0. The molecule has 9 heteroatoms. The van der Waals surface area contributed by atoms with Crippen LogP contribution in [0.2, 0.25) is 0 Å². The zero-order valence-electron chi connectivity index (χ0n) is 13.5. The number of halogens is 3. The Hall–Kier alpha value is -2.26. The normalized spacial score (nSPS) is 12.0. The van der Waals surface area contributed by atoms with Crippen LogP contribution in [-0.4, -0.2) is 21.7 Å². The van der Waals surface area contributed by atoms with Crippen molar-refractivity contribution < 1.29 is 26.3 Å². The highest BCUT2D eigenvalue weighted by atomic mass is 32.2. The van der Waals surface area contributed by atoms with E-state index in [2.05, 4.69) is 10.0 Å². The van der Waals surface area contributed by atoms with Crippen LogP contribution in [0.3, 0.4) is 0 Å². The van der Waals surface area contributed by atoms with Gasteiger partial charge in [-0.15, -0.1) is 0 Å². The highest BCUT2D eigenvalue weighted by Gasteiger charge is 2.30. The molecule has 0 atom stereocenters. The quantitative estimate of drug-likeness (QED) is 0.811. The van der Waals surface area contributed by atoms with E-state index >= 15 is 0 Å². The molecule has 0 unspecified atom stereocenters. The Balaban J connectivity index is 2.26. The van der Waals surface area contributed by atoms with Gasteiger partial charge in [-0.1, -0.05) is 0 Å². The van der Waals surface area contributed by atoms with E-state index in [0.717, 1.165) is 18.4 Å². The van der Waals surface area contributed by atoms with Crippen molar-refractivity contribution in [3.63, 3.8) is 0 Å². The van der Waals surface area contributed by atoms with E-state index in [1.807, 2.05) is 0 Å². The minimum Gasteiger partial charge on any atom is -0.457 e. The molecule has 0 aliphatic carbocycles. The zero-order chi connectivity index (χ0) is 18.7. The van der Waals surface area contributed by atoms with Crippen LogP contribution in [0.25, 0.3) is 0 Å². The maximum atomic E-state index is 12.6. The minimum absolute atomic E-state index is 0.245. The van der Waals surface area contributed by atoms with E-state index in [1.165, 1.54) is 18.2 Å². The van der Waals surface area contributed by atoms with Gasteiger partial charge in [-0.25, -0.2) is 8.42 Å². The van der Waals surface area contributed by atoms with E-state index in [0.29, 0.717) is 23.5 Å². The summed E-state index contributed by atoms with van der Waals surface area (Å²) in [5.41, 5.74) is 0.256. The van der Waals surface area contributed by atoms with Crippen LogP contribution >= 0.6 is 0 Å². The third-order valence-corrected chi connectivity index (χ3v) is 3.75. The molecule has 0 aromatic heterocycles. The second-order valence-electron chi connectivity index (χ2n) is 5.35. The van der Waals surface area contributed by atoms with Gasteiger partial charge < -0.3 is 10.1 Å². The number of rotatable bonds is 6. The highest BCUT2D eigenvalue weighted by molar-refractivity contribution is 7.92. The average Bonchev–Trinajstić information content (AvgIpc) is 2.48. The van der Waals surface area contributed by atoms with Gasteiger partial charge in [0.05, 0.1) is 11.8 Å². The van der Waals surface area contributed by atoms with E-state index < -0.39 is 21.8 Å². The van der Waals surface area contributed by atoms with Gasteiger partial charge >= 0.3 is 6.18 Å². The SMILES string of the molecule is CNCc1cc(NS(C)(=O)=O)ccc1Oc1ccc(C(F)(F)F)cc1. The topological polar surface area (TPSA) is 67.4 Å². The number of hydrogen-bond donors (Lipinski definition) is 2. The van der Waals surface area contributed by atoms with Crippen molar-refractivity contribution in [3.05, 3.63) is 53.6 Å². The molecule has 0 fully saturated rings. The number of anilines is 1. The Morgan fingerprint density at radius 3 is 2.24 bits per heavy atom. The van der Waals surface area contributed by atoms with Crippen molar-refractivity contribution in [1.29, 1.82) is 0 Å². The Morgan fingerprint density at radius 2 is 1.72 bits per heavy atom. The fourth-order valence-electron chi connectivity index (χ4n) is 2.12. The maximum Gasteiger partial charge on any atom is 0.416 e. The first-order chi connectivity index (χ1) is 11.6. The van der Waals surface area contributed by atoms with E-state index in [-0.39, 0.29) is 5.75 Å². The summed E-state index contributed by atoms with van der Waals surface area (Å²) in [6, 6.07) is 9.00. The molecule has 0 aliphatic heterocycles. The maximum absolute atomic E-state index is 12.6. The lowest BCUT2D eigenvalue weighted by Gasteiger charge is -2.14. The molecule has 2 aromatic rings. The first kappa shape index (κ1) is 19.1. The summed E-state index contributed by atoms with van der Waals surface area (Å²) < 4.78 is 68.4. The Morgan fingerprint density at radius 1 is 1.08 bits per heavy atom. The smallest absolute Gasteiger partial charge is 0.416 e. The van der Waals surface area contributed by atoms with Gasteiger partial charge in [0.25, 0.3) is 0 Å². The Labute approximate surface area is 143 Å². The third-order valence-electron chi connectivity index (χ3n) is 3.14. The zero-order valence-corrected chi connectivity index (χ0v) is 14.3. The first-order valence-electron chi connectivity index (χ1n) is 7.19. The number of alkyl halides is 3. The van der Waals surface area contributed by atoms with Crippen molar-refractivity contribution in [1.82, 2.24) is 5.32 Å². The molecule has 0 aliphatic rings. The molecule has 2 rings (SSSR count). The summed E-state index contributed by atoms with van der Waals surface area (Å²) in [5, 5.41) is 2.92. The fraction of sp³-hybridized carbons (Fsp3) is 0.250. The number of sulfonamides is 1. The molecule has 0 amide bonds. The number of benzene rings is 2. The lowest BCUT2D eigenvalue weighted by atomic mass is 10.1. The molecular formula is C16H17F3N2O3S. The van der Waals surface area contributed by atoms with Crippen LogP contribution in [0.4, 0.5) is 18.9 Å². The monoisotopic (exact) mass is 374 g/mol. The van der Waals surface area contributed by atoms with Crippen molar-refractivity contribution >= 4 is 15.7 Å². The third kappa shape index (κ3) is 5.64. The standard InChI is InChI=1S/C16H17F3N2O3S/c1-20-10-11-9-13(21-25(2,22)23)5-8-15(11)24-14-6-3-12(4-7-14)16(17,18)19/h3-9,20-21H,10H2,1-2H3. The van der Waals surface area contributed by atoms with Crippen molar-refractivity contribution in [3.8, 4) is 11.5 Å². The molecule has 2 N–H and O–H groups in total. The lowest BCUT2D eigenvalue weighted by molar-refractivity contribution is -0.137. The molecule has 2 aromatic carbocycles. The summed E-state index contributed by atoms with van der Waals surface area (Å²) in [5.74, 6) is 0.655. The summed E-state index contributed by atoms with van der Waals surface area (Å²) in [6.45, 7) is 0.384. The average molecular weight is 374 g/mol. The minimum atomic E-state index is -4.41. The van der Waals surface area contributed by atoms with Crippen LogP contribution < -0.4 is 14.8 Å². The first-order valence-corrected chi connectivity index (χ1v) is 9.08. The fourth-order valence-corrected chi connectivity index (χ4v) is 2.68. The van der Waals surface area contributed by atoms with Crippen LogP contribution in [0, 0.1) is 0 Å². The van der Waals surface area contributed by atoms with Gasteiger partial charge in [-0.2, -0.15) is 13.2 Å². The van der Waals surface area contributed by atoms with Crippen molar-refractivity contribution in [2.24, 2.45) is 0 Å². The number of hydrogen-bond acceptors (Lipinski definition) is 4. The molecule has 0 heterocycles. The molecule has 0 spiro atoms. The van der Waals surface area contributed by atoms with Crippen LogP contribution in [-0.2, 0) is 22.7 Å². The summed E-state index contributed by atoms with van der Waals surface area (Å²) in [7, 11) is -1.71. The lowest BCUT2D eigenvalue weighted by Crippen LogP contribution is -2.11. The molecule has 5 nitrogen and oxygen atoms in total.